The van der Waals surface area contributed by atoms with Gasteiger partial charge in [-0.2, -0.15) is 0 Å². The van der Waals surface area contributed by atoms with Crippen LogP contribution in [0, 0.1) is 0 Å². The molecule has 114 valence electrons. The molecule has 0 spiro atoms. The van der Waals surface area contributed by atoms with Crippen molar-refractivity contribution in [3.63, 3.8) is 0 Å². The van der Waals surface area contributed by atoms with Crippen molar-refractivity contribution in [3.8, 4) is 0 Å². The fraction of sp³-hybridized carbons (Fsp3) is 0.0625. The third kappa shape index (κ3) is 2.07. The van der Waals surface area contributed by atoms with Gasteiger partial charge in [-0.15, -0.1) is 0 Å². The first-order valence-electron chi connectivity index (χ1n) is 6.84. The van der Waals surface area contributed by atoms with Gasteiger partial charge in [0, 0.05) is 28.2 Å². The van der Waals surface area contributed by atoms with Gasteiger partial charge in [-0.25, -0.2) is 4.79 Å². The normalized spacial score (nSPS) is 12.5. The highest BCUT2D eigenvalue weighted by molar-refractivity contribution is 6.37. The lowest BCUT2D eigenvalue weighted by atomic mass is 10.1. The molecule has 4 rings (SSSR count). The molecule has 0 amide bonds. The van der Waals surface area contributed by atoms with Gasteiger partial charge in [0.1, 0.15) is 5.52 Å². The second-order valence-corrected chi connectivity index (χ2v) is 5.43. The molecule has 23 heavy (non-hydrogen) atoms. The summed E-state index contributed by atoms with van der Waals surface area (Å²) in [5.41, 5.74) is 2.35. The Hall–Kier alpha value is -2.86. The molecule has 0 aliphatic rings. The monoisotopic (exact) mass is 327 g/mol. The Balaban J connectivity index is 2.17. The number of carbonyl (C=O) groups is 1. The first-order chi connectivity index (χ1) is 11.2. The molecule has 6 nitrogen and oxygen atoms in total. The molecule has 0 aliphatic carbocycles. The number of rotatable bonds is 3. The van der Waals surface area contributed by atoms with E-state index in [0.29, 0.717) is 15.9 Å². The van der Waals surface area contributed by atoms with Crippen molar-refractivity contribution in [3.05, 3.63) is 53.1 Å². The van der Waals surface area contributed by atoms with E-state index in [1.165, 1.54) is 0 Å². The summed E-state index contributed by atoms with van der Waals surface area (Å²) in [6.45, 7) is -0.511. The molecule has 0 atom stereocenters. The second-order valence-electron chi connectivity index (χ2n) is 5.02. The van der Waals surface area contributed by atoms with Crippen molar-refractivity contribution in [1.29, 1.82) is 0 Å². The Labute approximate surface area is 134 Å². The molecule has 0 saturated heterocycles. The van der Waals surface area contributed by atoms with Gasteiger partial charge in [0.25, 0.3) is 0 Å². The maximum atomic E-state index is 10.6. The molecular weight excluding hydrogens is 318 g/mol. The Bertz CT molecular complexity index is 1120. The number of fused-ring (bicyclic) bond motifs is 2. The van der Waals surface area contributed by atoms with Crippen LogP contribution >= 0.6 is 11.6 Å². The van der Waals surface area contributed by atoms with Crippen molar-refractivity contribution in [2.45, 2.75) is 0 Å². The smallest absolute Gasteiger partial charge is 0.344 e. The summed E-state index contributed by atoms with van der Waals surface area (Å²) < 4.78 is 1.95. The maximum Gasteiger partial charge on any atom is 0.344 e. The van der Waals surface area contributed by atoms with Crippen LogP contribution in [0.4, 0.5) is 0 Å². The highest BCUT2D eigenvalue weighted by atomic mass is 35.5. The second kappa shape index (κ2) is 5.10. The lowest BCUT2D eigenvalue weighted by molar-refractivity contribution is -0.142. The number of hydrogen-bond acceptors (Lipinski definition) is 4. The number of carboxylic acid groups (broad SMARTS) is 1. The van der Waals surface area contributed by atoms with Gasteiger partial charge in [-0.1, -0.05) is 16.8 Å². The summed E-state index contributed by atoms with van der Waals surface area (Å²) in [6.07, 6.45) is 3.55. The van der Waals surface area contributed by atoms with Gasteiger partial charge in [0.2, 0.25) is 6.61 Å². The van der Waals surface area contributed by atoms with Crippen molar-refractivity contribution >= 4 is 44.9 Å². The summed E-state index contributed by atoms with van der Waals surface area (Å²) in [7, 11) is 0. The number of aliphatic carboxylic acids is 1. The molecule has 3 heterocycles. The van der Waals surface area contributed by atoms with E-state index in [1.54, 1.807) is 6.20 Å². The number of aromatic nitrogens is 2. The van der Waals surface area contributed by atoms with Gasteiger partial charge in [0.05, 0.1) is 11.0 Å². The van der Waals surface area contributed by atoms with E-state index >= 15 is 0 Å². The quantitative estimate of drug-likeness (QED) is 0.587. The molecule has 0 radical (unpaired) electrons. The highest BCUT2D eigenvalue weighted by Gasteiger charge is 2.13. The van der Waals surface area contributed by atoms with E-state index in [0.717, 1.165) is 21.8 Å². The minimum absolute atomic E-state index is 0.483. The molecule has 0 aliphatic heterocycles. The third-order valence-corrected chi connectivity index (χ3v) is 4.00. The maximum absolute atomic E-state index is 10.6. The average Bonchev–Trinajstić information content (AvgIpc) is 3.01. The molecule has 0 unspecified atom stereocenters. The summed E-state index contributed by atoms with van der Waals surface area (Å²) >= 11 is 6.29. The van der Waals surface area contributed by atoms with E-state index in [-0.39, 0.29) is 0 Å². The van der Waals surface area contributed by atoms with Crippen molar-refractivity contribution in [2.75, 3.05) is 6.61 Å². The van der Waals surface area contributed by atoms with Crippen LogP contribution in [0.2, 0.25) is 5.02 Å². The zero-order valence-electron chi connectivity index (χ0n) is 11.7. The van der Waals surface area contributed by atoms with Crippen LogP contribution in [0.3, 0.4) is 0 Å². The standard InChI is InChI=1S/C16H10ClN3O3/c17-10-3-4-11-14-9(10)5-6-18-16(14)15(19-23-8-13(21)22)12-2-1-7-20(11)12/h1-7H,8H2,(H,21,22). The van der Waals surface area contributed by atoms with Gasteiger partial charge < -0.3 is 14.3 Å². The molecule has 0 saturated carbocycles. The lowest BCUT2D eigenvalue weighted by Crippen LogP contribution is -2.13. The zero-order chi connectivity index (χ0) is 16.0. The summed E-state index contributed by atoms with van der Waals surface area (Å²) in [6, 6.07) is 9.37. The van der Waals surface area contributed by atoms with Crippen LogP contribution in [-0.2, 0) is 9.63 Å². The van der Waals surface area contributed by atoms with Crippen LogP contribution in [0.15, 0.2) is 47.9 Å². The molecule has 1 aromatic carbocycles. The number of nitrogens with zero attached hydrogens (tertiary/aromatic N) is 3. The van der Waals surface area contributed by atoms with Crippen LogP contribution < -0.4 is 5.36 Å². The predicted octanol–water partition coefficient (Wildman–Crippen LogP) is 2.65. The van der Waals surface area contributed by atoms with Crippen molar-refractivity contribution < 1.29 is 14.7 Å². The molecule has 4 aromatic rings. The van der Waals surface area contributed by atoms with Gasteiger partial charge in [0.15, 0.2) is 5.36 Å². The minimum Gasteiger partial charge on any atom is -0.479 e. The van der Waals surface area contributed by atoms with Crippen LogP contribution in [0.5, 0.6) is 0 Å². The van der Waals surface area contributed by atoms with E-state index in [2.05, 4.69) is 10.1 Å². The molecule has 3 aromatic heterocycles. The predicted molar refractivity (Wildman–Crippen MR) is 85.6 cm³/mol. The van der Waals surface area contributed by atoms with Crippen molar-refractivity contribution in [2.24, 2.45) is 5.16 Å². The summed E-state index contributed by atoms with van der Waals surface area (Å²) in [5, 5.41) is 15.5. The fourth-order valence-corrected chi connectivity index (χ4v) is 2.99. The number of carboxylic acids is 1. The first-order valence-corrected chi connectivity index (χ1v) is 7.22. The van der Waals surface area contributed by atoms with Gasteiger partial charge in [-0.3, -0.25) is 4.98 Å². The average molecular weight is 328 g/mol. The van der Waals surface area contributed by atoms with Crippen molar-refractivity contribution in [1.82, 2.24) is 9.38 Å². The van der Waals surface area contributed by atoms with Gasteiger partial charge in [-0.05, 0) is 30.3 Å². The van der Waals surface area contributed by atoms with Crippen LogP contribution in [0.25, 0.3) is 27.3 Å². The van der Waals surface area contributed by atoms with E-state index in [1.807, 2.05) is 40.9 Å². The zero-order valence-corrected chi connectivity index (χ0v) is 12.5. The summed E-state index contributed by atoms with van der Waals surface area (Å²) in [4.78, 5) is 20.0. The van der Waals surface area contributed by atoms with E-state index < -0.39 is 12.6 Å². The molecule has 7 heteroatoms. The fourth-order valence-electron chi connectivity index (χ4n) is 2.77. The minimum atomic E-state index is -1.09. The Morgan fingerprint density at radius 1 is 1.30 bits per heavy atom. The molecule has 0 bridgehead atoms. The third-order valence-electron chi connectivity index (χ3n) is 3.67. The van der Waals surface area contributed by atoms with Gasteiger partial charge >= 0.3 is 5.97 Å². The topological polar surface area (TPSA) is 76.2 Å². The number of benzene rings is 1. The Morgan fingerprint density at radius 3 is 3.00 bits per heavy atom. The lowest BCUT2D eigenvalue weighted by Gasteiger charge is -2.10. The number of hydrogen-bond donors (Lipinski definition) is 1. The molecular formula is C16H10ClN3O3. The summed E-state index contributed by atoms with van der Waals surface area (Å²) in [5.74, 6) is -1.09. The molecule has 1 N–H and O–H groups in total. The largest absolute Gasteiger partial charge is 0.479 e. The number of halogens is 1. The first kappa shape index (κ1) is 13.8. The van der Waals surface area contributed by atoms with E-state index in [9.17, 15) is 4.79 Å². The SMILES string of the molecule is O=C(O)CON=c1c2nccc3c(Cl)ccc(c32)n2cccc12. The Kier molecular flexibility index (Phi) is 3.06. The molecule has 0 fully saturated rings. The van der Waals surface area contributed by atoms with Crippen LogP contribution in [-0.4, -0.2) is 27.1 Å². The van der Waals surface area contributed by atoms with Crippen LogP contribution in [0.1, 0.15) is 0 Å². The Morgan fingerprint density at radius 2 is 2.17 bits per heavy atom. The highest BCUT2D eigenvalue weighted by Crippen LogP contribution is 2.30. The number of pyridine rings is 2. The van der Waals surface area contributed by atoms with E-state index in [4.69, 9.17) is 21.5 Å².